The predicted octanol–water partition coefficient (Wildman–Crippen LogP) is 7.15. The summed E-state index contributed by atoms with van der Waals surface area (Å²) in [6.45, 7) is 10.4. The Balaban J connectivity index is 1.81. The molecule has 2 atom stereocenters. The Morgan fingerprint density at radius 1 is 1.03 bits per heavy atom. The van der Waals surface area contributed by atoms with Gasteiger partial charge in [0.05, 0.1) is 4.90 Å². The summed E-state index contributed by atoms with van der Waals surface area (Å²) < 4.78 is 34.9. The van der Waals surface area contributed by atoms with Crippen molar-refractivity contribution in [3.63, 3.8) is 0 Å². The summed E-state index contributed by atoms with van der Waals surface area (Å²) in [5.41, 5.74) is 3.85. The molecule has 0 bridgehead atoms. The van der Waals surface area contributed by atoms with Gasteiger partial charge in [0.15, 0.2) is 0 Å². The number of carbonyl (C=O) groups is 1. The van der Waals surface area contributed by atoms with Crippen LogP contribution in [0.5, 0.6) is 0 Å². The standard InChI is InChI=1S/C32H41NO4S/c1-6-7-8-10-15-26-20-27-21-33(38(35,36)28-18-16-23(2)17-19-28)22-29(27)31(37-24(3)34)32(4,5)30(26)25-13-11-9-12-14-25/h9,11-14,16-20,27,30H,6-8,10,15,21-22H2,1-5H3/t27-,30-/m1/s1. The Labute approximate surface area is 228 Å². The van der Waals surface area contributed by atoms with Crippen LogP contribution >= 0.6 is 0 Å². The van der Waals surface area contributed by atoms with Crippen LogP contribution in [0.1, 0.15) is 76.8 Å². The summed E-state index contributed by atoms with van der Waals surface area (Å²) in [7, 11) is -3.69. The largest absolute Gasteiger partial charge is 0.431 e. The molecule has 1 saturated heterocycles. The smallest absolute Gasteiger partial charge is 0.307 e. The van der Waals surface area contributed by atoms with Crippen LogP contribution in [0.15, 0.2) is 82.5 Å². The summed E-state index contributed by atoms with van der Waals surface area (Å²) in [6, 6.07) is 17.4. The van der Waals surface area contributed by atoms with Gasteiger partial charge in [0.2, 0.25) is 10.0 Å². The fourth-order valence-electron chi connectivity index (χ4n) is 6.10. The normalized spacial score (nSPS) is 21.6. The Kier molecular flexibility index (Phi) is 8.63. The van der Waals surface area contributed by atoms with Crippen molar-refractivity contribution in [2.45, 2.75) is 77.5 Å². The minimum Gasteiger partial charge on any atom is -0.431 e. The van der Waals surface area contributed by atoms with E-state index >= 15 is 0 Å². The molecule has 4 rings (SSSR count). The molecule has 38 heavy (non-hydrogen) atoms. The van der Waals surface area contributed by atoms with Gasteiger partial charge < -0.3 is 4.74 Å². The summed E-state index contributed by atoms with van der Waals surface area (Å²) in [5.74, 6) is 0.126. The van der Waals surface area contributed by atoms with Gasteiger partial charge in [-0.3, -0.25) is 4.79 Å². The molecule has 6 heteroatoms. The van der Waals surface area contributed by atoms with E-state index in [4.69, 9.17) is 4.74 Å². The number of rotatable bonds is 9. The lowest BCUT2D eigenvalue weighted by atomic mass is 9.69. The van der Waals surface area contributed by atoms with Gasteiger partial charge in [0, 0.05) is 37.3 Å². The first-order valence-electron chi connectivity index (χ1n) is 13.8. The van der Waals surface area contributed by atoms with Crippen molar-refractivity contribution in [3.8, 4) is 0 Å². The van der Waals surface area contributed by atoms with E-state index in [1.54, 1.807) is 16.4 Å². The maximum Gasteiger partial charge on any atom is 0.307 e. The highest BCUT2D eigenvalue weighted by atomic mass is 32.2. The first-order valence-corrected chi connectivity index (χ1v) is 15.2. The number of fused-ring (bicyclic) bond motifs is 1. The van der Waals surface area contributed by atoms with Crippen LogP contribution in [0.2, 0.25) is 0 Å². The van der Waals surface area contributed by atoms with E-state index in [0.717, 1.165) is 30.4 Å². The van der Waals surface area contributed by atoms with E-state index in [9.17, 15) is 13.2 Å². The second kappa shape index (κ2) is 11.6. The third kappa shape index (κ3) is 5.81. The molecule has 2 aromatic carbocycles. The molecule has 5 nitrogen and oxygen atoms in total. The number of esters is 1. The van der Waals surface area contributed by atoms with E-state index in [-0.39, 0.29) is 24.3 Å². The first kappa shape index (κ1) is 28.3. The number of hydrogen-bond acceptors (Lipinski definition) is 4. The van der Waals surface area contributed by atoms with Crippen LogP contribution in [-0.2, 0) is 19.6 Å². The highest BCUT2D eigenvalue weighted by molar-refractivity contribution is 7.89. The number of nitrogens with zero attached hydrogens (tertiary/aromatic N) is 1. The zero-order chi connectivity index (χ0) is 27.5. The molecule has 0 spiro atoms. The molecule has 0 unspecified atom stereocenters. The van der Waals surface area contributed by atoms with Gasteiger partial charge in [-0.1, -0.05) is 99.7 Å². The van der Waals surface area contributed by atoms with E-state index in [0.29, 0.717) is 17.2 Å². The molecule has 2 aromatic rings. The number of allylic oxidation sites excluding steroid dienone is 2. The quantitative estimate of drug-likeness (QED) is 0.194. The van der Waals surface area contributed by atoms with Crippen molar-refractivity contribution in [3.05, 3.63) is 88.7 Å². The Hall–Kier alpha value is -2.70. The van der Waals surface area contributed by atoms with Crippen molar-refractivity contribution < 1.29 is 17.9 Å². The number of sulfonamides is 1. The molecule has 204 valence electrons. The molecule has 1 fully saturated rings. The van der Waals surface area contributed by atoms with Crippen LogP contribution in [-0.4, -0.2) is 31.8 Å². The minimum absolute atomic E-state index is 0.0277. The van der Waals surface area contributed by atoms with Crippen molar-refractivity contribution >= 4 is 16.0 Å². The van der Waals surface area contributed by atoms with Gasteiger partial charge in [0.25, 0.3) is 0 Å². The van der Waals surface area contributed by atoms with Crippen molar-refractivity contribution in [2.24, 2.45) is 11.3 Å². The van der Waals surface area contributed by atoms with Crippen molar-refractivity contribution in [2.75, 3.05) is 13.1 Å². The lowest BCUT2D eigenvalue weighted by molar-refractivity contribution is -0.138. The topological polar surface area (TPSA) is 63.7 Å². The van der Waals surface area contributed by atoms with Gasteiger partial charge in [-0.2, -0.15) is 4.31 Å². The monoisotopic (exact) mass is 535 g/mol. The minimum atomic E-state index is -3.69. The maximum atomic E-state index is 13.7. The Morgan fingerprint density at radius 2 is 1.71 bits per heavy atom. The number of ether oxygens (including phenoxy) is 1. The molecular weight excluding hydrogens is 494 g/mol. The van der Waals surface area contributed by atoms with Gasteiger partial charge in [-0.25, -0.2) is 8.42 Å². The van der Waals surface area contributed by atoms with Crippen molar-refractivity contribution in [1.82, 2.24) is 4.31 Å². The highest BCUT2D eigenvalue weighted by Gasteiger charge is 2.47. The summed E-state index contributed by atoms with van der Waals surface area (Å²) >= 11 is 0. The van der Waals surface area contributed by atoms with E-state index in [1.165, 1.54) is 30.9 Å². The first-order chi connectivity index (χ1) is 18.1. The van der Waals surface area contributed by atoms with Gasteiger partial charge >= 0.3 is 5.97 Å². The average molecular weight is 536 g/mol. The second-order valence-corrected chi connectivity index (χ2v) is 13.2. The Bertz CT molecular complexity index is 1310. The average Bonchev–Trinajstić information content (AvgIpc) is 3.27. The van der Waals surface area contributed by atoms with Crippen LogP contribution in [0.25, 0.3) is 0 Å². The summed E-state index contributed by atoms with van der Waals surface area (Å²) in [5, 5.41) is 0. The zero-order valence-electron chi connectivity index (χ0n) is 23.4. The molecule has 0 amide bonds. The molecule has 1 aliphatic carbocycles. The van der Waals surface area contributed by atoms with Crippen molar-refractivity contribution in [1.29, 1.82) is 0 Å². The fourth-order valence-corrected chi connectivity index (χ4v) is 7.54. The predicted molar refractivity (Wildman–Crippen MR) is 152 cm³/mol. The van der Waals surface area contributed by atoms with E-state index in [2.05, 4.69) is 51.1 Å². The molecule has 1 aliphatic heterocycles. The van der Waals surface area contributed by atoms with Gasteiger partial charge in [-0.15, -0.1) is 0 Å². The third-order valence-corrected chi connectivity index (χ3v) is 9.76. The fraction of sp³-hybridized carbons (Fsp3) is 0.469. The SMILES string of the molecule is CCCCCCC1=C[C@@H]2CN(S(=O)(=O)c3ccc(C)cc3)CC2=C(OC(C)=O)C(C)(C)[C@@H]1c1ccccc1. The molecule has 0 N–H and O–H groups in total. The molecule has 0 saturated carbocycles. The number of hydrogen-bond donors (Lipinski definition) is 0. The zero-order valence-corrected chi connectivity index (χ0v) is 24.2. The lowest BCUT2D eigenvalue weighted by Gasteiger charge is -2.37. The number of benzene rings is 2. The number of carbonyl (C=O) groups excluding carboxylic acids is 1. The van der Waals surface area contributed by atoms with Crippen LogP contribution in [0, 0.1) is 18.3 Å². The molecule has 0 radical (unpaired) electrons. The summed E-state index contributed by atoms with van der Waals surface area (Å²) in [6.07, 6.45) is 7.83. The van der Waals surface area contributed by atoms with E-state index in [1.807, 2.05) is 25.1 Å². The maximum absolute atomic E-state index is 13.7. The molecule has 2 aliphatic rings. The number of unbranched alkanes of at least 4 members (excludes halogenated alkanes) is 3. The number of aryl methyl sites for hydroxylation is 1. The molecule has 1 heterocycles. The van der Waals surface area contributed by atoms with Gasteiger partial charge in [0.1, 0.15) is 5.76 Å². The lowest BCUT2D eigenvalue weighted by Crippen LogP contribution is -2.31. The molecular formula is C32H41NO4S. The second-order valence-electron chi connectivity index (χ2n) is 11.3. The van der Waals surface area contributed by atoms with Crippen LogP contribution < -0.4 is 0 Å². The third-order valence-electron chi connectivity index (χ3n) is 7.94. The highest BCUT2D eigenvalue weighted by Crippen LogP contribution is 2.53. The van der Waals surface area contributed by atoms with Crippen LogP contribution in [0.4, 0.5) is 0 Å². The van der Waals surface area contributed by atoms with Crippen LogP contribution in [0.3, 0.4) is 0 Å². The Morgan fingerprint density at radius 3 is 2.34 bits per heavy atom. The van der Waals surface area contributed by atoms with E-state index < -0.39 is 15.4 Å². The summed E-state index contributed by atoms with van der Waals surface area (Å²) in [4.78, 5) is 12.7. The van der Waals surface area contributed by atoms with Gasteiger partial charge in [-0.05, 0) is 43.0 Å². The molecule has 0 aromatic heterocycles.